The lowest BCUT2D eigenvalue weighted by molar-refractivity contribution is -0.122. The van der Waals surface area contributed by atoms with Gasteiger partial charge in [0, 0.05) is 40.5 Å². The normalized spacial score (nSPS) is 10.7. The Kier molecular flexibility index (Phi) is 5.85. The van der Waals surface area contributed by atoms with Crippen LogP contribution in [-0.2, 0) is 11.3 Å². The van der Waals surface area contributed by atoms with Crippen LogP contribution in [0.2, 0.25) is 0 Å². The van der Waals surface area contributed by atoms with Crippen LogP contribution in [0, 0.1) is 12.7 Å². The van der Waals surface area contributed by atoms with Crippen LogP contribution in [0.1, 0.15) is 11.3 Å². The third-order valence-corrected chi connectivity index (χ3v) is 5.54. The molecule has 6 heteroatoms. The number of nitrogen functional groups attached to an aromatic ring is 1. The third kappa shape index (κ3) is 3.78. The number of nitrogens with two attached hydrogens (primary N) is 1. The van der Waals surface area contributed by atoms with Gasteiger partial charge in [0.2, 0.25) is 0 Å². The monoisotopic (exact) mass is 427 g/mol. The SMILES string of the molecule is Cc1c(-c2ccccc2F)c2c3ccccc3ccc2n1Cc1ccnc(N)c1.O=CO. The van der Waals surface area contributed by atoms with Gasteiger partial charge in [0.25, 0.3) is 6.47 Å². The summed E-state index contributed by atoms with van der Waals surface area (Å²) < 4.78 is 17.1. The molecule has 0 amide bonds. The fourth-order valence-electron chi connectivity index (χ4n) is 4.22. The number of aromatic nitrogens is 2. The second kappa shape index (κ2) is 8.89. The van der Waals surface area contributed by atoms with Crippen LogP contribution >= 0.6 is 0 Å². The Morgan fingerprint density at radius 3 is 2.53 bits per heavy atom. The van der Waals surface area contributed by atoms with Crippen LogP contribution in [0.25, 0.3) is 32.8 Å². The summed E-state index contributed by atoms with van der Waals surface area (Å²) in [6.45, 7) is 2.45. The number of anilines is 1. The van der Waals surface area contributed by atoms with Gasteiger partial charge in [-0.05, 0) is 47.5 Å². The molecule has 5 rings (SSSR count). The molecule has 2 heterocycles. The highest BCUT2D eigenvalue weighted by Crippen LogP contribution is 2.40. The quantitative estimate of drug-likeness (QED) is 0.365. The average Bonchev–Trinajstić information content (AvgIpc) is 3.06. The highest BCUT2D eigenvalue weighted by atomic mass is 19.1. The van der Waals surface area contributed by atoms with E-state index in [1.165, 1.54) is 6.07 Å². The van der Waals surface area contributed by atoms with E-state index in [1.807, 2.05) is 36.4 Å². The van der Waals surface area contributed by atoms with Crippen LogP contribution in [0.4, 0.5) is 10.2 Å². The largest absolute Gasteiger partial charge is 0.483 e. The first-order valence-corrected chi connectivity index (χ1v) is 10.1. The van der Waals surface area contributed by atoms with Gasteiger partial charge >= 0.3 is 0 Å². The first-order chi connectivity index (χ1) is 15.5. The summed E-state index contributed by atoms with van der Waals surface area (Å²) in [7, 11) is 0. The lowest BCUT2D eigenvalue weighted by atomic mass is 9.97. The number of rotatable bonds is 3. The van der Waals surface area contributed by atoms with E-state index in [4.69, 9.17) is 15.6 Å². The number of benzene rings is 3. The van der Waals surface area contributed by atoms with Crippen molar-refractivity contribution in [3.8, 4) is 11.1 Å². The summed E-state index contributed by atoms with van der Waals surface area (Å²) in [5.41, 5.74) is 10.6. The molecule has 0 radical (unpaired) electrons. The summed E-state index contributed by atoms with van der Waals surface area (Å²) in [6, 6.07) is 23.3. The minimum Gasteiger partial charge on any atom is -0.483 e. The molecular formula is C26H22FN3O2. The molecule has 0 aliphatic carbocycles. The molecule has 0 spiro atoms. The van der Waals surface area contributed by atoms with E-state index < -0.39 is 0 Å². The predicted molar refractivity (Wildman–Crippen MR) is 126 cm³/mol. The Morgan fingerprint density at radius 1 is 1.06 bits per heavy atom. The molecule has 0 saturated heterocycles. The summed E-state index contributed by atoms with van der Waals surface area (Å²) in [4.78, 5) is 12.5. The molecule has 5 nitrogen and oxygen atoms in total. The van der Waals surface area contributed by atoms with Crippen molar-refractivity contribution in [3.63, 3.8) is 0 Å². The van der Waals surface area contributed by atoms with Gasteiger partial charge in [-0.2, -0.15) is 0 Å². The average molecular weight is 427 g/mol. The van der Waals surface area contributed by atoms with E-state index in [-0.39, 0.29) is 12.3 Å². The number of hydrogen-bond acceptors (Lipinski definition) is 3. The van der Waals surface area contributed by atoms with Crippen LogP contribution in [0.5, 0.6) is 0 Å². The molecule has 0 aliphatic heterocycles. The number of halogens is 1. The van der Waals surface area contributed by atoms with Crippen molar-refractivity contribution in [3.05, 3.63) is 96.1 Å². The first kappa shape index (κ1) is 21.1. The molecular weight excluding hydrogens is 405 g/mol. The number of carbonyl (C=O) groups is 1. The maximum absolute atomic E-state index is 14.8. The van der Waals surface area contributed by atoms with E-state index >= 15 is 0 Å². The zero-order chi connectivity index (χ0) is 22.7. The van der Waals surface area contributed by atoms with Gasteiger partial charge in [0.15, 0.2) is 0 Å². The molecule has 0 saturated carbocycles. The van der Waals surface area contributed by atoms with Gasteiger partial charge in [-0.1, -0.05) is 48.5 Å². The Bertz CT molecular complexity index is 1430. The van der Waals surface area contributed by atoms with Crippen molar-refractivity contribution in [2.75, 3.05) is 5.73 Å². The molecule has 32 heavy (non-hydrogen) atoms. The van der Waals surface area contributed by atoms with Crippen LogP contribution in [-0.4, -0.2) is 21.1 Å². The highest BCUT2D eigenvalue weighted by Gasteiger charge is 2.20. The van der Waals surface area contributed by atoms with Gasteiger partial charge < -0.3 is 15.4 Å². The van der Waals surface area contributed by atoms with E-state index in [0.29, 0.717) is 17.9 Å². The maximum Gasteiger partial charge on any atom is 0.290 e. The lowest BCUT2D eigenvalue weighted by Gasteiger charge is -2.10. The van der Waals surface area contributed by atoms with Gasteiger partial charge in [0.1, 0.15) is 11.6 Å². The highest BCUT2D eigenvalue weighted by molar-refractivity contribution is 6.14. The maximum atomic E-state index is 14.8. The summed E-state index contributed by atoms with van der Waals surface area (Å²) in [6.07, 6.45) is 1.72. The summed E-state index contributed by atoms with van der Waals surface area (Å²) in [5.74, 6) is 0.284. The molecule has 0 atom stereocenters. The molecule has 0 bridgehead atoms. The van der Waals surface area contributed by atoms with Gasteiger partial charge in [-0.25, -0.2) is 9.37 Å². The second-order valence-electron chi connectivity index (χ2n) is 7.40. The molecule has 5 aromatic rings. The fraction of sp³-hybridized carbons (Fsp3) is 0.0769. The number of nitrogens with zero attached hydrogens (tertiary/aromatic N) is 2. The molecule has 2 aromatic heterocycles. The zero-order valence-electron chi connectivity index (χ0n) is 17.5. The first-order valence-electron chi connectivity index (χ1n) is 10.1. The van der Waals surface area contributed by atoms with Gasteiger partial charge in [-0.15, -0.1) is 0 Å². The number of fused-ring (bicyclic) bond motifs is 3. The zero-order valence-corrected chi connectivity index (χ0v) is 17.5. The topological polar surface area (TPSA) is 81.1 Å². The van der Waals surface area contributed by atoms with Gasteiger partial charge in [0.05, 0.1) is 0 Å². The number of pyridine rings is 1. The molecule has 3 N–H and O–H groups in total. The standard InChI is InChI=1S/C25H20FN3.CH2O2/c1-16-24(20-8-4-5-9-21(20)26)25-19-7-3-2-6-18(19)10-11-22(25)29(16)15-17-12-13-28-23(27)14-17;2-1-3/h2-14H,15H2,1H3,(H2,27,28);1H,(H,2,3). The molecule has 3 aromatic carbocycles. The Hall–Kier alpha value is -4.19. The Labute approximate surface area is 184 Å². The van der Waals surface area contributed by atoms with Crippen LogP contribution in [0.15, 0.2) is 79.0 Å². The van der Waals surface area contributed by atoms with E-state index in [0.717, 1.165) is 38.5 Å². The second-order valence-corrected chi connectivity index (χ2v) is 7.40. The van der Waals surface area contributed by atoms with Gasteiger partial charge in [-0.3, -0.25) is 4.79 Å². The van der Waals surface area contributed by atoms with Crippen molar-refractivity contribution in [1.29, 1.82) is 0 Å². The van der Waals surface area contributed by atoms with Crippen molar-refractivity contribution < 1.29 is 14.3 Å². The van der Waals surface area contributed by atoms with Crippen molar-refractivity contribution >= 4 is 34.0 Å². The van der Waals surface area contributed by atoms with E-state index in [2.05, 4.69) is 40.7 Å². The van der Waals surface area contributed by atoms with Crippen LogP contribution < -0.4 is 5.73 Å². The predicted octanol–water partition coefficient (Wildman–Crippen LogP) is 5.64. The smallest absolute Gasteiger partial charge is 0.290 e. The Balaban J connectivity index is 0.000000775. The minimum atomic E-state index is -0.250. The van der Waals surface area contributed by atoms with Crippen molar-refractivity contribution in [2.45, 2.75) is 13.5 Å². The molecule has 160 valence electrons. The van der Waals surface area contributed by atoms with E-state index in [1.54, 1.807) is 12.3 Å². The summed E-state index contributed by atoms with van der Waals surface area (Å²) in [5, 5.41) is 10.2. The minimum absolute atomic E-state index is 0.212. The summed E-state index contributed by atoms with van der Waals surface area (Å²) >= 11 is 0. The fourth-order valence-corrected chi connectivity index (χ4v) is 4.22. The number of carboxylic acid groups (broad SMARTS) is 1. The molecule has 0 fully saturated rings. The lowest BCUT2D eigenvalue weighted by Crippen LogP contribution is -2.03. The van der Waals surface area contributed by atoms with Crippen LogP contribution in [0.3, 0.4) is 0 Å². The molecule has 0 unspecified atom stereocenters. The number of hydrogen-bond donors (Lipinski definition) is 2. The third-order valence-electron chi connectivity index (χ3n) is 5.54. The van der Waals surface area contributed by atoms with Crippen molar-refractivity contribution in [1.82, 2.24) is 9.55 Å². The van der Waals surface area contributed by atoms with Crippen molar-refractivity contribution in [2.24, 2.45) is 0 Å². The molecule has 0 aliphatic rings. The Morgan fingerprint density at radius 2 is 1.78 bits per heavy atom. The van der Waals surface area contributed by atoms with E-state index in [9.17, 15) is 4.39 Å².